The molecular weight excluding hydrogens is 308 g/mol. The van der Waals surface area contributed by atoms with Crippen LogP contribution in [0.5, 0.6) is 0 Å². The molecule has 0 bridgehead atoms. The molecule has 0 radical (unpaired) electrons. The van der Waals surface area contributed by atoms with Crippen molar-refractivity contribution in [3.8, 4) is 0 Å². The smallest absolute Gasteiger partial charge is 0.344 e. The molecule has 2 aliphatic heterocycles. The van der Waals surface area contributed by atoms with Gasteiger partial charge in [0.1, 0.15) is 0 Å². The molecule has 1 fully saturated rings. The highest BCUT2D eigenvalue weighted by Crippen LogP contribution is 2.38. The van der Waals surface area contributed by atoms with E-state index in [2.05, 4.69) is 47.7 Å². The SMILES string of the molecule is C[C@@H]1CC[C@@H](C)N1C(=O)N1CC=C[C@H](O[Si](C)(C)C(C)(C)C)O1. The van der Waals surface area contributed by atoms with Gasteiger partial charge in [0.15, 0.2) is 14.6 Å². The third kappa shape index (κ3) is 3.98. The van der Waals surface area contributed by atoms with Crippen molar-refractivity contribution in [3.05, 3.63) is 12.2 Å². The van der Waals surface area contributed by atoms with Gasteiger partial charge in [0.05, 0.1) is 6.54 Å². The first-order valence-corrected chi connectivity index (χ1v) is 11.5. The standard InChI is InChI=1S/C17H32N2O3Si/c1-13-10-11-14(2)19(13)16(20)18-12-8-9-15(21-18)22-23(6,7)17(3,4)5/h8-9,13-15H,10-12H2,1-7H3/t13-,14-,15+/m1/s1. The number of hydroxylamine groups is 2. The highest BCUT2D eigenvalue weighted by atomic mass is 28.4. The monoisotopic (exact) mass is 340 g/mol. The summed E-state index contributed by atoms with van der Waals surface area (Å²) in [4.78, 5) is 20.6. The van der Waals surface area contributed by atoms with Crippen LogP contribution in [0.4, 0.5) is 4.79 Å². The second kappa shape index (κ2) is 6.57. The van der Waals surface area contributed by atoms with Crippen LogP contribution < -0.4 is 0 Å². The second-order valence-corrected chi connectivity index (χ2v) is 13.1. The van der Waals surface area contributed by atoms with Gasteiger partial charge in [-0.15, -0.1) is 0 Å². The maximum absolute atomic E-state index is 12.8. The Morgan fingerprint density at radius 1 is 1.22 bits per heavy atom. The molecule has 2 aliphatic rings. The van der Waals surface area contributed by atoms with E-state index in [1.807, 2.05) is 17.1 Å². The molecule has 5 nitrogen and oxygen atoms in total. The van der Waals surface area contributed by atoms with Crippen LogP contribution in [0.2, 0.25) is 18.1 Å². The summed E-state index contributed by atoms with van der Waals surface area (Å²) in [5.74, 6) is 0. The first kappa shape index (κ1) is 18.5. The molecule has 0 spiro atoms. The number of carbonyl (C=O) groups is 1. The molecule has 1 saturated heterocycles. The van der Waals surface area contributed by atoms with Crippen LogP contribution in [0, 0.1) is 0 Å². The number of nitrogens with zero attached hydrogens (tertiary/aromatic N) is 2. The van der Waals surface area contributed by atoms with Gasteiger partial charge < -0.3 is 9.33 Å². The van der Waals surface area contributed by atoms with Crippen molar-refractivity contribution in [1.82, 2.24) is 9.96 Å². The molecule has 3 atom stereocenters. The van der Waals surface area contributed by atoms with Gasteiger partial charge in [-0.25, -0.2) is 9.63 Å². The molecule has 0 aromatic heterocycles. The Bertz CT molecular complexity index is 463. The van der Waals surface area contributed by atoms with Gasteiger partial charge >= 0.3 is 6.03 Å². The number of rotatable bonds is 2. The van der Waals surface area contributed by atoms with E-state index in [0.29, 0.717) is 6.54 Å². The Morgan fingerprint density at radius 2 is 1.78 bits per heavy atom. The minimum Gasteiger partial charge on any atom is -0.388 e. The van der Waals surface area contributed by atoms with Crippen LogP contribution in [-0.4, -0.2) is 49.2 Å². The van der Waals surface area contributed by atoms with E-state index in [1.54, 1.807) is 0 Å². The summed E-state index contributed by atoms with van der Waals surface area (Å²) in [6.07, 6.45) is 5.52. The van der Waals surface area contributed by atoms with Crippen molar-refractivity contribution >= 4 is 14.3 Å². The summed E-state index contributed by atoms with van der Waals surface area (Å²) in [7, 11) is -1.94. The minimum atomic E-state index is -1.94. The summed E-state index contributed by atoms with van der Waals surface area (Å²) >= 11 is 0. The molecule has 2 rings (SSSR count). The molecule has 0 aliphatic carbocycles. The van der Waals surface area contributed by atoms with Gasteiger partial charge in [0, 0.05) is 12.1 Å². The van der Waals surface area contributed by atoms with E-state index >= 15 is 0 Å². The summed E-state index contributed by atoms with van der Waals surface area (Å²) in [5, 5.41) is 1.56. The van der Waals surface area contributed by atoms with Crippen molar-refractivity contribution in [2.24, 2.45) is 0 Å². The second-order valence-electron chi connectivity index (χ2n) is 8.31. The number of urea groups is 1. The van der Waals surface area contributed by atoms with E-state index in [0.717, 1.165) is 12.8 Å². The maximum Gasteiger partial charge on any atom is 0.344 e. The Hall–Kier alpha value is -0.853. The average Bonchev–Trinajstić information content (AvgIpc) is 2.76. The zero-order valence-electron chi connectivity index (χ0n) is 15.6. The largest absolute Gasteiger partial charge is 0.388 e. The molecule has 23 heavy (non-hydrogen) atoms. The van der Waals surface area contributed by atoms with Crippen LogP contribution in [-0.2, 0) is 9.26 Å². The number of hydrogen-bond acceptors (Lipinski definition) is 3. The topological polar surface area (TPSA) is 42.0 Å². The number of carbonyl (C=O) groups excluding carboxylic acids is 1. The van der Waals surface area contributed by atoms with Gasteiger partial charge in [-0.1, -0.05) is 26.8 Å². The van der Waals surface area contributed by atoms with Gasteiger partial charge in [0.2, 0.25) is 0 Å². The molecule has 132 valence electrons. The predicted molar refractivity (Wildman–Crippen MR) is 94.4 cm³/mol. The van der Waals surface area contributed by atoms with E-state index in [4.69, 9.17) is 9.26 Å². The Labute approximate surface area is 141 Å². The summed E-state index contributed by atoms with van der Waals surface area (Å²) in [6, 6.07) is 0.495. The van der Waals surface area contributed by atoms with E-state index in [1.165, 1.54) is 5.06 Å². The third-order valence-corrected chi connectivity index (χ3v) is 9.83. The summed E-state index contributed by atoms with van der Waals surface area (Å²) in [5.41, 5.74) is 0. The van der Waals surface area contributed by atoms with Crippen LogP contribution in [0.1, 0.15) is 47.5 Å². The first-order chi connectivity index (χ1) is 10.5. The van der Waals surface area contributed by atoms with Crippen LogP contribution in [0.3, 0.4) is 0 Å². The minimum absolute atomic E-state index is 0.0457. The van der Waals surface area contributed by atoms with Crippen LogP contribution in [0.15, 0.2) is 12.2 Å². The molecule has 2 amide bonds. The molecule has 0 N–H and O–H groups in total. The van der Waals surface area contributed by atoms with E-state index < -0.39 is 14.6 Å². The zero-order valence-corrected chi connectivity index (χ0v) is 16.6. The van der Waals surface area contributed by atoms with Gasteiger partial charge in [-0.2, -0.15) is 5.06 Å². The fourth-order valence-electron chi connectivity index (χ4n) is 2.82. The molecule has 2 heterocycles. The van der Waals surface area contributed by atoms with Crippen molar-refractivity contribution in [3.63, 3.8) is 0 Å². The predicted octanol–water partition coefficient (Wildman–Crippen LogP) is 4.13. The first-order valence-electron chi connectivity index (χ1n) is 8.64. The maximum atomic E-state index is 12.8. The zero-order chi connectivity index (χ0) is 17.4. The molecule has 0 aromatic carbocycles. The summed E-state index contributed by atoms with van der Waals surface area (Å²) < 4.78 is 6.26. The van der Waals surface area contributed by atoms with Crippen LogP contribution in [0.25, 0.3) is 0 Å². The number of hydrogen-bond donors (Lipinski definition) is 0. The van der Waals surface area contributed by atoms with Crippen molar-refractivity contribution in [1.29, 1.82) is 0 Å². The molecule has 6 heteroatoms. The lowest BCUT2D eigenvalue weighted by molar-refractivity contribution is -0.215. The average molecular weight is 341 g/mol. The van der Waals surface area contributed by atoms with Gasteiger partial charge in [-0.3, -0.25) is 0 Å². The van der Waals surface area contributed by atoms with E-state index in [-0.39, 0.29) is 23.2 Å². The lowest BCUT2D eigenvalue weighted by Gasteiger charge is -2.41. The fraction of sp³-hybridized carbons (Fsp3) is 0.824. The summed E-state index contributed by atoms with van der Waals surface area (Å²) in [6.45, 7) is 15.7. The molecular formula is C17H32N2O3Si. The molecule has 0 saturated carbocycles. The molecule has 0 aromatic rings. The Morgan fingerprint density at radius 3 is 2.30 bits per heavy atom. The van der Waals surface area contributed by atoms with Crippen molar-refractivity contribution < 1.29 is 14.1 Å². The quantitative estimate of drug-likeness (QED) is 0.560. The highest BCUT2D eigenvalue weighted by Gasteiger charge is 2.41. The van der Waals surface area contributed by atoms with Gasteiger partial charge in [0.25, 0.3) is 0 Å². The normalized spacial score (nSPS) is 29.3. The van der Waals surface area contributed by atoms with Crippen LogP contribution >= 0.6 is 0 Å². The van der Waals surface area contributed by atoms with Crippen molar-refractivity contribution in [2.45, 2.75) is 84.0 Å². The third-order valence-electron chi connectivity index (χ3n) is 5.40. The number of amides is 2. The lowest BCUT2D eigenvalue weighted by Crippen LogP contribution is -2.52. The molecule has 0 unspecified atom stereocenters. The van der Waals surface area contributed by atoms with Gasteiger partial charge in [-0.05, 0) is 50.9 Å². The fourth-order valence-corrected chi connectivity index (χ4v) is 3.88. The Kier molecular flexibility index (Phi) is 5.28. The highest BCUT2D eigenvalue weighted by molar-refractivity contribution is 6.74. The lowest BCUT2D eigenvalue weighted by atomic mass is 10.2. The van der Waals surface area contributed by atoms with E-state index in [9.17, 15) is 4.79 Å². The number of likely N-dealkylation sites (tertiary alicyclic amines) is 1. The van der Waals surface area contributed by atoms with Crippen molar-refractivity contribution in [2.75, 3.05) is 6.54 Å². The Balaban J connectivity index is 2.02.